The van der Waals surface area contributed by atoms with Gasteiger partial charge in [0.2, 0.25) is 0 Å². The lowest BCUT2D eigenvalue weighted by Crippen LogP contribution is -2.46. The lowest BCUT2D eigenvalue weighted by molar-refractivity contribution is 0.270. The van der Waals surface area contributed by atoms with Crippen molar-refractivity contribution in [3.05, 3.63) is 35.4 Å². The fourth-order valence-electron chi connectivity index (χ4n) is 2.13. The smallest absolute Gasteiger partial charge is 0.190 e. The monoisotopic (exact) mass is 233 g/mol. The van der Waals surface area contributed by atoms with Crippen molar-refractivity contribution in [1.29, 1.82) is 0 Å². The first-order chi connectivity index (χ1) is 8.24. The number of hydrogen-bond donors (Lipinski definition) is 0. The molecule has 0 unspecified atom stereocenters. The van der Waals surface area contributed by atoms with Crippen molar-refractivity contribution < 1.29 is 4.39 Å². The average molecular weight is 233 g/mol. The van der Waals surface area contributed by atoms with Gasteiger partial charge in [-0.3, -0.25) is 0 Å². The molecule has 1 aliphatic heterocycles. The van der Waals surface area contributed by atoms with Gasteiger partial charge in [0.05, 0.1) is 12.3 Å². The summed E-state index contributed by atoms with van der Waals surface area (Å²) in [6.45, 7) is 13.7. The van der Waals surface area contributed by atoms with E-state index in [1.165, 1.54) is 6.07 Å². The van der Waals surface area contributed by atoms with Crippen LogP contribution < -0.4 is 4.90 Å². The van der Waals surface area contributed by atoms with E-state index in [1.54, 1.807) is 12.1 Å². The maximum absolute atomic E-state index is 13.8. The zero-order valence-corrected chi connectivity index (χ0v) is 9.99. The van der Waals surface area contributed by atoms with Crippen LogP contribution in [0, 0.1) is 12.4 Å². The molecule has 90 valence electrons. The minimum Gasteiger partial charge on any atom is -0.367 e. The van der Waals surface area contributed by atoms with Crippen LogP contribution in [0.4, 0.5) is 15.8 Å². The third-order valence-corrected chi connectivity index (χ3v) is 3.22. The summed E-state index contributed by atoms with van der Waals surface area (Å²) in [4.78, 5) is 7.63. The maximum Gasteiger partial charge on any atom is 0.190 e. The fourth-order valence-corrected chi connectivity index (χ4v) is 2.13. The summed E-state index contributed by atoms with van der Waals surface area (Å²) >= 11 is 0. The molecule has 1 heterocycles. The third-order valence-electron chi connectivity index (χ3n) is 3.22. The van der Waals surface area contributed by atoms with Crippen molar-refractivity contribution in [2.45, 2.75) is 6.92 Å². The molecule has 1 saturated heterocycles. The highest BCUT2D eigenvalue weighted by molar-refractivity contribution is 5.57. The molecule has 1 aromatic carbocycles. The molecule has 3 nitrogen and oxygen atoms in total. The molecule has 0 atom stereocenters. The molecular formula is C13H16FN3. The number of likely N-dealkylation sites (N-methyl/N-ethyl adjacent to an activating group) is 1. The number of anilines is 1. The topological polar surface area (TPSA) is 10.8 Å². The van der Waals surface area contributed by atoms with Gasteiger partial charge in [0.15, 0.2) is 5.69 Å². The van der Waals surface area contributed by atoms with Crippen LogP contribution in [0.5, 0.6) is 0 Å². The van der Waals surface area contributed by atoms with Crippen LogP contribution in [-0.4, -0.2) is 37.6 Å². The van der Waals surface area contributed by atoms with Gasteiger partial charge >= 0.3 is 0 Å². The van der Waals surface area contributed by atoms with E-state index in [0.29, 0.717) is 11.4 Å². The molecule has 0 saturated carbocycles. The Morgan fingerprint density at radius 3 is 2.53 bits per heavy atom. The summed E-state index contributed by atoms with van der Waals surface area (Å²) < 4.78 is 13.8. The molecule has 1 aliphatic rings. The molecule has 1 fully saturated rings. The van der Waals surface area contributed by atoms with Crippen LogP contribution in [0.1, 0.15) is 6.92 Å². The van der Waals surface area contributed by atoms with Crippen molar-refractivity contribution in [1.82, 2.24) is 4.90 Å². The van der Waals surface area contributed by atoms with Crippen molar-refractivity contribution in [2.24, 2.45) is 0 Å². The quantitative estimate of drug-likeness (QED) is 0.727. The maximum atomic E-state index is 13.8. The number of benzene rings is 1. The fraction of sp³-hybridized carbons (Fsp3) is 0.462. The highest BCUT2D eigenvalue weighted by Crippen LogP contribution is 2.25. The molecule has 0 bridgehead atoms. The van der Waals surface area contributed by atoms with Crippen LogP contribution in [0.3, 0.4) is 0 Å². The second kappa shape index (κ2) is 5.15. The predicted molar refractivity (Wildman–Crippen MR) is 67.0 cm³/mol. The molecule has 17 heavy (non-hydrogen) atoms. The molecule has 0 aliphatic carbocycles. The molecule has 0 amide bonds. The van der Waals surface area contributed by atoms with Crippen LogP contribution in [0.25, 0.3) is 4.85 Å². The molecule has 0 N–H and O–H groups in total. The zero-order chi connectivity index (χ0) is 12.3. The lowest BCUT2D eigenvalue weighted by atomic mass is 10.2. The minimum atomic E-state index is -0.288. The molecular weight excluding hydrogens is 217 g/mol. The number of rotatable bonds is 2. The average Bonchev–Trinajstić information content (AvgIpc) is 2.39. The van der Waals surface area contributed by atoms with E-state index in [2.05, 4.69) is 21.6 Å². The van der Waals surface area contributed by atoms with Crippen LogP contribution in [0.15, 0.2) is 18.2 Å². The SMILES string of the molecule is [C-]#[N+]c1ccc(N2CCN(CC)CC2)c(F)c1. The van der Waals surface area contributed by atoms with Gasteiger partial charge < -0.3 is 9.80 Å². The second-order valence-corrected chi connectivity index (χ2v) is 4.17. The Bertz CT molecular complexity index is 431. The van der Waals surface area contributed by atoms with Crippen molar-refractivity contribution in [3.8, 4) is 0 Å². The van der Waals surface area contributed by atoms with Gasteiger partial charge in [0.25, 0.3) is 0 Å². The number of piperazine rings is 1. The normalized spacial score (nSPS) is 16.9. The van der Waals surface area contributed by atoms with Crippen molar-refractivity contribution in [3.63, 3.8) is 0 Å². The molecule has 1 aromatic rings. The van der Waals surface area contributed by atoms with Crippen LogP contribution >= 0.6 is 0 Å². The number of halogens is 1. The van der Waals surface area contributed by atoms with E-state index in [9.17, 15) is 4.39 Å². The second-order valence-electron chi connectivity index (χ2n) is 4.17. The number of nitrogens with zero attached hydrogens (tertiary/aromatic N) is 3. The summed E-state index contributed by atoms with van der Waals surface area (Å²) in [5.41, 5.74) is 0.978. The summed E-state index contributed by atoms with van der Waals surface area (Å²) in [7, 11) is 0. The summed E-state index contributed by atoms with van der Waals surface area (Å²) in [6, 6.07) is 4.70. The Hall–Kier alpha value is -1.60. The third kappa shape index (κ3) is 2.56. The molecule has 2 rings (SSSR count). The largest absolute Gasteiger partial charge is 0.367 e. The highest BCUT2D eigenvalue weighted by Gasteiger charge is 2.18. The Kier molecular flexibility index (Phi) is 3.60. The Morgan fingerprint density at radius 2 is 2.00 bits per heavy atom. The van der Waals surface area contributed by atoms with Crippen LogP contribution in [-0.2, 0) is 0 Å². The Labute approximate surface area is 101 Å². The first-order valence-electron chi connectivity index (χ1n) is 5.89. The van der Waals surface area contributed by atoms with E-state index < -0.39 is 0 Å². The summed E-state index contributed by atoms with van der Waals surface area (Å²) in [6.07, 6.45) is 0. The van der Waals surface area contributed by atoms with Crippen molar-refractivity contribution >= 4 is 11.4 Å². The summed E-state index contributed by atoms with van der Waals surface area (Å²) in [5.74, 6) is -0.288. The van der Waals surface area contributed by atoms with Gasteiger partial charge in [-0.05, 0) is 18.7 Å². The van der Waals surface area contributed by atoms with Gasteiger partial charge in [0.1, 0.15) is 5.82 Å². The number of hydrogen-bond acceptors (Lipinski definition) is 2. The van der Waals surface area contributed by atoms with Crippen LogP contribution in [0.2, 0.25) is 0 Å². The molecule has 0 aromatic heterocycles. The molecule has 4 heteroatoms. The van der Waals surface area contributed by atoms with E-state index >= 15 is 0 Å². The van der Waals surface area contributed by atoms with Crippen molar-refractivity contribution in [2.75, 3.05) is 37.6 Å². The van der Waals surface area contributed by atoms with Gasteiger partial charge in [0, 0.05) is 26.2 Å². The first kappa shape index (κ1) is 11.9. The van der Waals surface area contributed by atoms with E-state index in [1.807, 2.05) is 0 Å². The lowest BCUT2D eigenvalue weighted by Gasteiger charge is -2.35. The Balaban J connectivity index is 2.11. The van der Waals surface area contributed by atoms with E-state index in [0.717, 1.165) is 32.7 Å². The first-order valence-corrected chi connectivity index (χ1v) is 5.89. The standard InChI is InChI=1S/C13H16FN3/c1-3-16-6-8-17(9-7-16)13-5-4-11(15-2)10-12(13)14/h4-5,10H,3,6-9H2,1H3. The van der Waals surface area contributed by atoms with Gasteiger partial charge in [-0.2, -0.15) is 0 Å². The zero-order valence-electron chi connectivity index (χ0n) is 9.99. The van der Waals surface area contributed by atoms with Gasteiger partial charge in [-0.25, -0.2) is 9.24 Å². The predicted octanol–water partition coefficient (Wildman–Crippen LogP) is 2.52. The molecule has 0 spiro atoms. The summed E-state index contributed by atoms with van der Waals surface area (Å²) in [5, 5.41) is 0. The van der Waals surface area contributed by atoms with Gasteiger partial charge in [-0.15, -0.1) is 0 Å². The van der Waals surface area contributed by atoms with E-state index in [-0.39, 0.29) is 5.82 Å². The minimum absolute atomic E-state index is 0.288. The highest BCUT2D eigenvalue weighted by atomic mass is 19.1. The van der Waals surface area contributed by atoms with Gasteiger partial charge in [-0.1, -0.05) is 13.0 Å². The Morgan fingerprint density at radius 1 is 1.29 bits per heavy atom. The van der Waals surface area contributed by atoms with E-state index in [4.69, 9.17) is 6.57 Å². The molecule has 0 radical (unpaired) electrons.